The zero-order valence-electron chi connectivity index (χ0n) is 19.5. The van der Waals surface area contributed by atoms with Gasteiger partial charge in [-0.05, 0) is 57.5 Å². The molecular formula is C25H38N4O3. The van der Waals surface area contributed by atoms with Crippen LogP contribution in [-0.4, -0.2) is 103 Å². The first kappa shape index (κ1) is 23.1. The highest BCUT2D eigenvalue weighted by Gasteiger charge is 2.33. The second-order valence-electron chi connectivity index (χ2n) is 9.28. The first-order valence-electron chi connectivity index (χ1n) is 12.3. The molecule has 0 saturated carbocycles. The lowest BCUT2D eigenvalue weighted by atomic mass is 9.92. The number of nitrogens with zero attached hydrogens (tertiary/aromatic N) is 4. The molecule has 0 spiro atoms. The second kappa shape index (κ2) is 11.1. The number of likely N-dealkylation sites (tertiary alicyclic amines) is 2. The van der Waals surface area contributed by atoms with E-state index in [1.54, 1.807) is 0 Å². The van der Waals surface area contributed by atoms with Gasteiger partial charge in [-0.1, -0.05) is 25.1 Å². The van der Waals surface area contributed by atoms with Crippen LogP contribution in [-0.2, 0) is 9.59 Å². The van der Waals surface area contributed by atoms with Gasteiger partial charge in [-0.3, -0.25) is 9.59 Å². The second-order valence-corrected chi connectivity index (χ2v) is 9.28. The summed E-state index contributed by atoms with van der Waals surface area (Å²) in [6.07, 6.45) is 3.96. The fraction of sp³-hybridized carbons (Fsp3) is 0.680. The van der Waals surface area contributed by atoms with Gasteiger partial charge < -0.3 is 24.3 Å². The van der Waals surface area contributed by atoms with Gasteiger partial charge in [0.25, 0.3) is 5.91 Å². The van der Waals surface area contributed by atoms with E-state index in [0.29, 0.717) is 11.9 Å². The van der Waals surface area contributed by atoms with Crippen molar-refractivity contribution in [1.29, 1.82) is 0 Å². The SMILES string of the molecule is CCN1CCN(C(=O)C2CCN(C3CCN(C(=O)COc4ccccc4)CC3)CC2)CC1. The first-order chi connectivity index (χ1) is 15.6. The summed E-state index contributed by atoms with van der Waals surface area (Å²) in [7, 11) is 0. The van der Waals surface area contributed by atoms with Crippen molar-refractivity contribution in [3.05, 3.63) is 30.3 Å². The number of amides is 2. The third-order valence-corrected chi connectivity index (χ3v) is 7.45. The Balaban J connectivity index is 1.15. The summed E-state index contributed by atoms with van der Waals surface area (Å²) >= 11 is 0. The molecule has 3 saturated heterocycles. The Kier molecular flexibility index (Phi) is 8.03. The number of hydrogen-bond donors (Lipinski definition) is 0. The summed E-state index contributed by atoms with van der Waals surface area (Å²) in [5.74, 6) is 1.37. The van der Waals surface area contributed by atoms with E-state index in [0.717, 1.165) is 90.3 Å². The highest BCUT2D eigenvalue weighted by atomic mass is 16.5. The van der Waals surface area contributed by atoms with Crippen LogP contribution in [0.25, 0.3) is 0 Å². The maximum Gasteiger partial charge on any atom is 0.260 e. The molecule has 3 aliphatic heterocycles. The molecular weight excluding hydrogens is 404 g/mol. The van der Waals surface area contributed by atoms with Crippen LogP contribution in [0.3, 0.4) is 0 Å². The number of piperazine rings is 1. The Morgan fingerprint density at radius 1 is 0.844 bits per heavy atom. The van der Waals surface area contributed by atoms with E-state index in [1.165, 1.54) is 0 Å². The third-order valence-electron chi connectivity index (χ3n) is 7.45. The summed E-state index contributed by atoms with van der Waals surface area (Å²) in [5.41, 5.74) is 0. The summed E-state index contributed by atoms with van der Waals surface area (Å²) in [6.45, 7) is 10.7. The average molecular weight is 443 g/mol. The molecule has 7 nitrogen and oxygen atoms in total. The number of benzene rings is 1. The molecule has 1 aromatic carbocycles. The largest absolute Gasteiger partial charge is 0.484 e. The number of carbonyl (C=O) groups excluding carboxylic acids is 2. The van der Waals surface area contributed by atoms with Gasteiger partial charge in [-0.25, -0.2) is 0 Å². The normalized spacial score (nSPS) is 22.2. The lowest BCUT2D eigenvalue weighted by Gasteiger charge is -2.42. The average Bonchev–Trinajstić information content (AvgIpc) is 2.88. The smallest absolute Gasteiger partial charge is 0.260 e. The van der Waals surface area contributed by atoms with Crippen molar-refractivity contribution in [2.45, 2.75) is 38.6 Å². The Hall–Kier alpha value is -2.12. The Bertz CT molecular complexity index is 735. The van der Waals surface area contributed by atoms with E-state index >= 15 is 0 Å². The molecule has 0 radical (unpaired) electrons. The summed E-state index contributed by atoms with van der Waals surface area (Å²) < 4.78 is 5.62. The minimum atomic E-state index is 0.0692. The molecule has 0 N–H and O–H groups in total. The quantitative estimate of drug-likeness (QED) is 0.674. The van der Waals surface area contributed by atoms with Crippen molar-refractivity contribution in [1.82, 2.24) is 19.6 Å². The molecule has 0 aromatic heterocycles. The number of piperidine rings is 2. The lowest BCUT2D eigenvalue weighted by Crippen LogP contribution is -2.53. The van der Waals surface area contributed by atoms with E-state index in [9.17, 15) is 9.59 Å². The molecule has 0 bridgehead atoms. The van der Waals surface area contributed by atoms with Crippen molar-refractivity contribution in [2.24, 2.45) is 5.92 Å². The van der Waals surface area contributed by atoms with Gasteiger partial charge >= 0.3 is 0 Å². The van der Waals surface area contributed by atoms with Crippen LogP contribution in [0.5, 0.6) is 5.75 Å². The van der Waals surface area contributed by atoms with Crippen molar-refractivity contribution in [3.63, 3.8) is 0 Å². The lowest BCUT2D eigenvalue weighted by molar-refractivity contribution is -0.140. The van der Waals surface area contributed by atoms with Crippen molar-refractivity contribution >= 4 is 11.8 Å². The number of likely N-dealkylation sites (N-methyl/N-ethyl adjacent to an activating group) is 1. The van der Waals surface area contributed by atoms with Gasteiger partial charge in [0.15, 0.2) is 6.61 Å². The van der Waals surface area contributed by atoms with Crippen LogP contribution in [0.1, 0.15) is 32.6 Å². The van der Waals surface area contributed by atoms with E-state index in [4.69, 9.17) is 4.74 Å². The topological polar surface area (TPSA) is 56.3 Å². The predicted molar refractivity (Wildman–Crippen MR) is 125 cm³/mol. The van der Waals surface area contributed by atoms with Crippen LogP contribution < -0.4 is 4.74 Å². The van der Waals surface area contributed by atoms with Crippen LogP contribution in [0, 0.1) is 5.92 Å². The highest BCUT2D eigenvalue weighted by molar-refractivity contribution is 5.79. The molecule has 0 atom stereocenters. The van der Waals surface area contributed by atoms with Gasteiger partial charge in [0.1, 0.15) is 5.75 Å². The molecule has 3 aliphatic rings. The van der Waals surface area contributed by atoms with Gasteiger partial charge in [-0.15, -0.1) is 0 Å². The maximum absolute atomic E-state index is 12.9. The fourth-order valence-electron chi connectivity index (χ4n) is 5.29. The molecule has 32 heavy (non-hydrogen) atoms. The zero-order chi connectivity index (χ0) is 22.3. The molecule has 7 heteroatoms. The number of para-hydroxylation sites is 1. The monoisotopic (exact) mass is 442 g/mol. The molecule has 176 valence electrons. The van der Waals surface area contributed by atoms with Gasteiger partial charge in [-0.2, -0.15) is 0 Å². The standard InChI is InChI=1S/C25H38N4O3/c1-2-26-16-18-29(19-17-26)25(31)21-8-12-27(13-9-21)22-10-14-28(15-11-22)24(30)20-32-23-6-4-3-5-7-23/h3-7,21-22H,2,8-20H2,1H3. The van der Waals surface area contributed by atoms with E-state index in [1.807, 2.05) is 35.2 Å². The fourth-order valence-corrected chi connectivity index (χ4v) is 5.29. The molecule has 4 rings (SSSR count). The molecule has 0 aliphatic carbocycles. The summed E-state index contributed by atoms with van der Waals surface area (Å²) in [4.78, 5) is 34.4. The Morgan fingerprint density at radius 2 is 1.50 bits per heavy atom. The molecule has 0 unspecified atom stereocenters. The molecule has 3 fully saturated rings. The number of ether oxygens (including phenoxy) is 1. The number of rotatable bonds is 6. The minimum Gasteiger partial charge on any atom is -0.484 e. The molecule has 3 heterocycles. The van der Waals surface area contributed by atoms with E-state index in [-0.39, 0.29) is 18.4 Å². The summed E-state index contributed by atoms with van der Waals surface area (Å²) in [5, 5.41) is 0. The molecule has 1 aromatic rings. The number of hydrogen-bond acceptors (Lipinski definition) is 5. The zero-order valence-corrected chi connectivity index (χ0v) is 19.5. The maximum atomic E-state index is 12.9. The van der Waals surface area contributed by atoms with Crippen molar-refractivity contribution in [3.8, 4) is 5.75 Å². The third kappa shape index (κ3) is 5.81. The predicted octanol–water partition coefficient (Wildman–Crippen LogP) is 1.93. The Morgan fingerprint density at radius 3 is 2.12 bits per heavy atom. The van der Waals surface area contributed by atoms with Crippen LogP contribution >= 0.6 is 0 Å². The van der Waals surface area contributed by atoms with E-state index < -0.39 is 0 Å². The molecule has 2 amide bonds. The Labute approximate surface area is 192 Å². The number of carbonyl (C=O) groups is 2. The van der Waals surface area contributed by atoms with Crippen LogP contribution in [0.4, 0.5) is 0 Å². The van der Waals surface area contributed by atoms with E-state index in [2.05, 4.69) is 21.6 Å². The highest BCUT2D eigenvalue weighted by Crippen LogP contribution is 2.25. The van der Waals surface area contributed by atoms with Crippen LogP contribution in [0.15, 0.2) is 30.3 Å². The van der Waals surface area contributed by atoms with Gasteiger partial charge in [0, 0.05) is 51.2 Å². The van der Waals surface area contributed by atoms with Crippen molar-refractivity contribution < 1.29 is 14.3 Å². The van der Waals surface area contributed by atoms with Crippen LogP contribution in [0.2, 0.25) is 0 Å². The van der Waals surface area contributed by atoms with Crippen molar-refractivity contribution in [2.75, 3.05) is 65.5 Å². The van der Waals surface area contributed by atoms with Gasteiger partial charge in [0.2, 0.25) is 5.91 Å². The minimum absolute atomic E-state index is 0.0692. The first-order valence-corrected chi connectivity index (χ1v) is 12.3. The van der Waals surface area contributed by atoms with Gasteiger partial charge in [0.05, 0.1) is 0 Å². The summed E-state index contributed by atoms with van der Waals surface area (Å²) in [6, 6.07) is 10.0.